The monoisotopic (exact) mass is 322 g/mol. The van der Waals surface area contributed by atoms with E-state index in [2.05, 4.69) is 21.8 Å². The molecule has 1 N–H and O–H groups in total. The number of carbonyl (C=O) groups is 1. The molecule has 3 aromatic rings. The van der Waals surface area contributed by atoms with Crippen LogP contribution in [-0.4, -0.2) is 59.2 Å². The van der Waals surface area contributed by atoms with Crippen molar-refractivity contribution in [1.82, 2.24) is 14.9 Å². The van der Waals surface area contributed by atoms with E-state index in [1.54, 1.807) is 18.3 Å². The topological polar surface area (TPSA) is 69.6 Å². The summed E-state index contributed by atoms with van der Waals surface area (Å²) < 4.78 is 0. The van der Waals surface area contributed by atoms with E-state index in [0.717, 1.165) is 48.2 Å². The maximum Gasteiger partial charge on any atom is 0.335 e. The van der Waals surface area contributed by atoms with Gasteiger partial charge in [0.2, 0.25) is 0 Å². The Kier molecular flexibility index (Phi) is 3.54. The number of piperazine rings is 1. The lowest BCUT2D eigenvalue weighted by molar-refractivity contribution is 0.0697. The first-order valence-corrected chi connectivity index (χ1v) is 7.98. The van der Waals surface area contributed by atoms with Crippen LogP contribution in [0.3, 0.4) is 0 Å². The summed E-state index contributed by atoms with van der Waals surface area (Å²) in [6, 6.07) is 7.07. The summed E-state index contributed by atoms with van der Waals surface area (Å²) in [6.07, 6.45) is 3.61. The minimum absolute atomic E-state index is 0.252. The van der Waals surface area contributed by atoms with Crippen LogP contribution in [0.4, 0.5) is 5.82 Å². The Morgan fingerprint density at radius 3 is 2.62 bits per heavy atom. The predicted octanol–water partition coefficient (Wildman–Crippen LogP) is 2.23. The van der Waals surface area contributed by atoms with Crippen LogP contribution in [0.25, 0.3) is 21.7 Å². The zero-order chi connectivity index (χ0) is 16.7. The standard InChI is InChI=1S/C18H18N4O2/c1-21-6-8-22(9-7-21)17-14-4-5-19-11-15(14)13-3-2-12(18(23)24)10-16(13)20-17/h2-5,10-11H,6-9H2,1H3,(H,23,24). The highest BCUT2D eigenvalue weighted by Crippen LogP contribution is 2.31. The fourth-order valence-electron chi connectivity index (χ4n) is 3.22. The van der Waals surface area contributed by atoms with Gasteiger partial charge in [0, 0.05) is 54.7 Å². The molecule has 122 valence electrons. The molecule has 1 aliphatic heterocycles. The number of aromatic carboxylic acids is 1. The zero-order valence-corrected chi connectivity index (χ0v) is 13.4. The quantitative estimate of drug-likeness (QED) is 0.730. The molecule has 0 spiro atoms. The van der Waals surface area contributed by atoms with Gasteiger partial charge in [-0.15, -0.1) is 0 Å². The van der Waals surface area contributed by atoms with Gasteiger partial charge in [-0.05, 0) is 25.2 Å². The van der Waals surface area contributed by atoms with Crippen LogP contribution in [0, 0.1) is 0 Å². The van der Waals surface area contributed by atoms with E-state index in [0.29, 0.717) is 5.52 Å². The molecule has 24 heavy (non-hydrogen) atoms. The Morgan fingerprint density at radius 2 is 1.88 bits per heavy atom. The van der Waals surface area contributed by atoms with Gasteiger partial charge in [0.25, 0.3) is 0 Å². The van der Waals surface area contributed by atoms with Crippen molar-refractivity contribution in [3.05, 3.63) is 42.2 Å². The highest BCUT2D eigenvalue weighted by Gasteiger charge is 2.19. The predicted molar refractivity (Wildman–Crippen MR) is 93.7 cm³/mol. The summed E-state index contributed by atoms with van der Waals surface area (Å²) in [6.45, 7) is 3.79. The van der Waals surface area contributed by atoms with Gasteiger partial charge in [0.05, 0.1) is 11.1 Å². The molecule has 0 amide bonds. The minimum Gasteiger partial charge on any atom is -0.478 e. The second kappa shape index (κ2) is 5.72. The normalized spacial score (nSPS) is 16.0. The van der Waals surface area contributed by atoms with Gasteiger partial charge in [-0.25, -0.2) is 9.78 Å². The number of benzene rings is 1. The third-order valence-corrected chi connectivity index (χ3v) is 4.63. The number of aromatic nitrogens is 2. The highest BCUT2D eigenvalue weighted by atomic mass is 16.4. The van der Waals surface area contributed by atoms with Crippen LogP contribution >= 0.6 is 0 Å². The maximum atomic E-state index is 11.3. The van der Waals surface area contributed by atoms with E-state index in [9.17, 15) is 9.90 Å². The number of pyridine rings is 2. The second-order valence-corrected chi connectivity index (χ2v) is 6.18. The number of carboxylic acids is 1. The molecule has 0 saturated carbocycles. The lowest BCUT2D eigenvalue weighted by atomic mass is 10.1. The van der Waals surface area contributed by atoms with Crippen molar-refractivity contribution >= 4 is 33.5 Å². The first-order chi connectivity index (χ1) is 11.6. The molecule has 1 fully saturated rings. The lowest BCUT2D eigenvalue weighted by Gasteiger charge is -2.34. The molecule has 0 unspecified atom stereocenters. The molecule has 2 aromatic heterocycles. The number of likely N-dealkylation sites (N-methyl/N-ethyl adjacent to an activating group) is 1. The molecule has 1 saturated heterocycles. The van der Waals surface area contributed by atoms with Crippen LogP contribution in [0.1, 0.15) is 10.4 Å². The molecule has 0 aliphatic carbocycles. The van der Waals surface area contributed by atoms with E-state index in [1.807, 2.05) is 18.3 Å². The summed E-state index contributed by atoms with van der Waals surface area (Å²) in [4.78, 5) is 24.9. The van der Waals surface area contributed by atoms with E-state index in [-0.39, 0.29) is 5.56 Å². The van der Waals surface area contributed by atoms with Crippen molar-refractivity contribution in [2.24, 2.45) is 0 Å². The molecule has 0 radical (unpaired) electrons. The number of hydrogen-bond acceptors (Lipinski definition) is 5. The Hall–Kier alpha value is -2.73. The third kappa shape index (κ3) is 2.45. The Morgan fingerprint density at radius 1 is 1.08 bits per heavy atom. The Bertz CT molecular complexity index is 933. The summed E-state index contributed by atoms with van der Waals surface area (Å²) >= 11 is 0. The largest absolute Gasteiger partial charge is 0.478 e. The maximum absolute atomic E-state index is 11.3. The average molecular weight is 322 g/mol. The smallest absolute Gasteiger partial charge is 0.335 e. The molecule has 0 atom stereocenters. The second-order valence-electron chi connectivity index (χ2n) is 6.18. The lowest BCUT2D eigenvalue weighted by Crippen LogP contribution is -2.44. The molecule has 3 heterocycles. The number of anilines is 1. The fourth-order valence-corrected chi connectivity index (χ4v) is 3.22. The highest BCUT2D eigenvalue weighted by molar-refractivity contribution is 6.11. The van der Waals surface area contributed by atoms with E-state index >= 15 is 0 Å². The number of fused-ring (bicyclic) bond motifs is 3. The van der Waals surface area contributed by atoms with E-state index in [1.165, 1.54) is 0 Å². The minimum atomic E-state index is -0.939. The van der Waals surface area contributed by atoms with Crippen molar-refractivity contribution in [2.45, 2.75) is 0 Å². The molecule has 1 aromatic carbocycles. The first-order valence-electron chi connectivity index (χ1n) is 7.98. The summed E-state index contributed by atoms with van der Waals surface area (Å²) in [7, 11) is 2.12. The van der Waals surface area contributed by atoms with Crippen LogP contribution in [0.15, 0.2) is 36.7 Å². The number of hydrogen-bond donors (Lipinski definition) is 1. The van der Waals surface area contributed by atoms with Crippen LogP contribution in [-0.2, 0) is 0 Å². The van der Waals surface area contributed by atoms with Gasteiger partial charge in [0.1, 0.15) is 5.82 Å². The van der Waals surface area contributed by atoms with Crippen LogP contribution < -0.4 is 4.90 Å². The van der Waals surface area contributed by atoms with Crippen molar-refractivity contribution < 1.29 is 9.90 Å². The van der Waals surface area contributed by atoms with Crippen LogP contribution in [0.2, 0.25) is 0 Å². The molecule has 1 aliphatic rings. The van der Waals surface area contributed by atoms with Crippen LogP contribution in [0.5, 0.6) is 0 Å². The Balaban J connectivity index is 1.94. The molecular weight excluding hydrogens is 304 g/mol. The van der Waals surface area contributed by atoms with E-state index < -0.39 is 5.97 Å². The zero-order valence-electron chi connectivity index (χ0n) is 13.4. The number of rotatable bonds is 2. The van der Waals surface area contributed by atoms with Gasteiger partial charge in [-0.2, -0.15) is 0 Å². The van der Waals surface area contributed by atoms with Gasteiger partial charge in [0.15, 0.2) is 0 Å². The van der Waals surface area contributed by atoms with Gasteiger partial charge >= 0.3 is 5.97 Å². The first kappa shape index (κ1) is 14.8. The Labute approximate surface area is 139 Å². The fraction of sp³-hybridized carbons (Fsp3) is 0.278. The third-order valence-electron chi connectivity index (χ3n) is 4.63. The summed E-state index contributed by atoms with van der Waals surface area (Å²) in [5.74, 6) is -0.0262. The molecular formula is C18H18N4O2. The molecule has 6 heteroatoms. The molecule has 0 bridgehead atoms. The average Bonchev–Trinajstić information content (AvgIpc) is 2.61. The molecule has 4 rings (SSSR count). The van der Waals surface area contributed by atoms with Gasteiger partial charge in [-0.1, -0.05) is 6.07 Å². The van der Waals surface area contributed by atoms with Crippen molar-refractivity contribution in [1.29, 1.82) is 0 Å². The summed E-state index contributed by atoms with van der Waals surface area (Å²) in [5, 5.41) is 12.2. The SMILES string of the molecule is CN1CCN(c2nc3cc(C(=O)O)ccc3c3cnccc23)CC1. The van der Waals surface area contributed by atoms with Crippen molar-refractivity contribution in [3.63, 3.8) is 0 Å². The van der Waals surface area contributed by atoms with Crippen molar-refractivity contribution in [3.8, 4) is 0 Å². The van der Waals surface area contributed by atoms with E-state index in [4.69, 9.17) is 4.98 Å². The number of carboxylic acid groups (broad SMARTS) is 1. The van der Waals surface area contributed by atoms with Crippen molar-refractivity contribution in [2.75, 3.05) is 38.1 Å². The number of nitrogens with zero attached hydrogens (tertiary/aromatic N) is 4. The van der Waals surface area contributed by atoms with Gasteiger partial charge in [-0.3, -0.25) is 4.98 Å². The molecule has 6 nitrogen and oxygen atoms in total. The van der Waals surface area contributed by atoms with Gasteiger partial charge < -0.3 is 14.9 Å². The summed E-state index contributed by atoms with van der Waals surface area (Å²) in [5.41, 5.74) is 0.951.